The van der Waals surface area contributed by atoms with Gasteiger partial charge in [0.25, 0.3) is 0 Å². The van der Waals surface area contributed by atoms with Crippen molar-refractivity contribution in [2.45, 2.75) is 12.3 Å². The van der Waals surface area contributed by atoms with E-state index in [-0.39, 0.29) is 0 Å². The minimum atomic E-state index is 0.556. The maximum absolute atomic E-state index is 5.65. The molecule has 1 aliphatic rings. The lowest BCUT2D eigenvalue weighted by Crippen LogP contribution is -2.02. The maximum atomic E-state index is 5.65. The van der Waals surface area contributed by atoms with E-state index < -0.39 is 0 Å². The molecule has 0 saturated heterocycles. The molecule has 3 heteroatoms. The van der Waals surface area contributed by atoms with Crippen molar-refractivity contribution >= 4 is 0 Å². The second kappa shape index (κ2) is 4.11. The molecule has 1 aromatic rings. The Morgan fingerprint density at radius 3 is 2.67 bits per heavy atom. The Morgan fingerprint density at radius 2 is 2.13 bits per heavy atom. The zero-order valence-electron chi connectivity index (χ0n) is 9.19. The van der Waals surface area contributed by atoms with Crippen LogP contribution in [0.1, 0.15) is 17.9 Å². The smallest absolute Gasteiger partial charge is 0.122 e. The van der Waals surface area contributed by atoms with E-state index in [1.165, 1.54) is 12.0 Å². The molecule has 0 amide bonds. The fraction of sp³-hybridized carbons (Fsp3) is 0.500. The molecule has 1 fully saturated rings. The number of methoxy groups -OCH3 is 2. The highest BCUT2D eigenvalue weighted by atomic mass is 16.5. The van der Waals surface area contributed by atoms with Crippen LogP contribution in [0.15, 0.2) is 18.2 Å². The molecular formula is C12H17NO2. The fourth-order valence-electron chi connectivity index (χ4n) is 2.02. The fourth-order valence-corrected chi connectivity index (χ4v) is 2.02. The Bertz CT molecular complexity index is 351. The standard InChI is InChI=1S/C12H17NO2/c1-14-9-3-4-12(15-2)11(6-9)10-5-8(10)7-13/h3-4,6,8,10H,5,7,13H2,1-2H3/t8-,10+/m0/s1. The number of benzene rings is 1. The predicted octanol–water partition coefficient (Wildman–Crippen LogP) is 1.77. The van der Waals surface area contributed by atoms with Crippen LogP contribution >= 0.6 is 0 Å². The Kier molecular flexibility index (Phi) is 2.82. The molecule has 0 spiro atoms. The van der Waals surface area contributed by atoms with Crippen LogP contribution in [0.2, 0.25) is 0 Å². The maximum Gasteiger partial charge on any atom is 0.122 e. The molecule has 1 aromatic carbocycles. The van der Waals surface area contributed by atoms with E-state index >= 15 is 0 Å². The molecule has 15 heavy (non-hydrogen) atoms. The van der Waals surface area contributed by atoms with Crippen LogP contribution in [0.25, 0.3) is 0 Å². The van der Waals surface area contributed by atoms with Gasteiger partial charge in [-0.1, -0.05) is 0 Å². The van der Waals surface area contributed by atoms with E-state index in [0.29, 0.717) is 11.8 Å². The van der Waals surface area contributed by atoms with Gasteiger partial charge in [0.05, 0.1) is 14.2 Å². The molecular weight excluding hydrogens is 190 g/mol. The summed E-state index contributed by atoms with van der Waals surface area (Å²) in [5.74, 6) is 3.00. The lowest BCUT2D eigenvalue weighted by molar-refractivity contribution is 0.398. The molecule has 0 unspecified atom stereocenters. The van der Waals surface area contributed by atoms with Crippen molar-refractivity contribution in [3.63, 3.8) is 0 Å². The van der Waals surface area contributed by atoms with Crippen molar-refractivity contribution in [1.82, 2.24) is 0 Å². The minimum Gasteiger partial charge on any atom is -0.497 e. The monoisotopic (exact) mass is 207 g/mol. The topological polar surface area (TPSA) is 44.5 Å². The first-order valence-corrected chi connectivity index (χ1v) is 5.22. The predicted molar refractivity (Wildman–Crippen MR) is 59.4 cm³/mol. The highest BCUT2D eigenvalue weighted by Crippen LogP contribution is 2.50. The van der Waals surface area contributed by atoms with Gasteiger partial charge in [-0.15, -0.1) is 0 Å². The summed E-state index contributed by atoms with van der Waals surface area (Å²) in [5.41, 5.74) is 6.88. The van der Waals surface area contributed by atoms with E-state index in [2.05, 4.69) is 6.07 Å². The third kappa shape index (κ3) is 1.92. The minimum absolute atomic E-state index is 0.556. The van der Waals surface area contributed by atoms with Crippen molar-refractivity contribution in [2.24, 2.45) is 11.7 Å². The van der Waals surface area contributed by atoms with Crippen LogP contribution in [0.3, 0.4) is 0 Å². The second-order valence-electron chi connectivity index (χ2n) is 3.95. The van der Waals surface area contributed by atoms with Gasteiger partial charge in [-0.25, -0.2) is 0 Å². The molecule has 0 heterocycles. The van der Waals surface area contributed by atoms with Gasteiger partial charge >= 0.3 is 0 Å². The van der Waals surface area contributed by atoms with Crippen molar-refractivity contribution in [1.29, 1.82) is 0 Å². The normalized spacial score (nSPS) is 23.7. The van der Waals surface area contributed by atoms with Crippen LogP contribution in [0, 0.1) is 5.92 Å². The first-order valence-electron chi connectivity index (χ1n) is 5.22. The molecule has 0 bridgehead atoms. The zero-order valence-corrected chi connectivity index (χ0v) is 9.19. The Balaban J connectivity index is 2.27. The SMILES string of the molecule is COc1ccc(OC)c([C@@H]2C[C@H]2CN)c1. The Morgan fingerprint density at radius 1 is 1.33 bits per heavy atom. The average molecular weight is 207 g/mol. The van der Waals surface area contributed by atoms with Gasteiger partial charge in [0.2, 0.25) is 0 Å². The summed E-state index contributed by atoms with van der Waals surface area (Å²) in [6, 6.07) is 5.93. The summed E-state index contributed by atoms with van der Waals surface area (Å²) in [7, 11) is 3.38. The van der Waals surface area contributed by atoms with Crippen LogP contribution in [0.4, 0.5) is 0 Å². The first kappa shape index (κ1) is 10.3. The molecule has 2 rings (SSSR count). The van der Waals surface area contributed by atoms with Crippen molar-refractivity contribution in [3.05, 3.63) is 23.8 Å². The number of rotatable bonds is 4. The van der Waals surface area contributed by atoms with Gasteiger partial charge in [0.15, 0.2) is 0 Å². The van der Waals surface area contributed by atoms with Crippen molar-refractivity contribution in [3.8, 4) is 11.5 Å². The molecule has 0 aliphatic heterocycles. The van der Waals surface area contributed by atoms with Crippen LogP contribution in [-0.4, -0.2) is 20.8 Å². The summed E-state index contributed by atoms with van der Waals surface area (Å²) >= 11 is 0. The van der Waals surface area contributed by atoms with Gasteiger partial charge in [0.1, 0.15) is 11.5 Å². The van der Waals surface area contributed by atoms with E-state index in [9.17, 15) is 0 Å². The largest absolute Gasteiger partial charge is 0.497 e. The van der Waals surface area contributed by atoms with E-state index in [1.807, 2.05) is 12.1 Å². The van der Waals surface area contributed by atoms with E-state index in [1.54, 1.807) is 14.2 Å². The molecule has 2 N–H and O–H groups in total. The molecule has 1 aliphatic carbocycles. The van der Waals surface area contributed by atoms with Gasteiger partial charge in [-0.3, -0.25) is 0 Å². The lowest BCUT2D eigenvalue weighted by atomic mass is 10.1. The first-order chi connectivity index (χ1) is 7.30. The third-order valence-electron chi connectivity index (χ3n) is 3.06. The second-order valence-corrected chi connectivity index (χ2v) is 3.95. The molecule has 0 radical (unpaired) electrons. The number of hydrogen-bond donors (Lipinski definition) is 1. The Hall–Kier alpha value is -1.22. The van der Waals surface area contributed by atoms with E-state index in [4.69, 9.17) is 15.2 Å². The number of hydrogen-bond acceptors (Lipinski definition) is 3. The zero-order chi connectivity index (χ0) is 10.8. The number of nitrogens with two attached hydrogens (primary N) is 1. The summed E-state index contributed by atoms with van der Waals surface area (Å²) in [6.07, 6.45) is 1.17. The van der Waals surface area contributed by atoms with Crippen LogP contribution in [0.5, 0.6) is 11.5 Å². The van der Waals surface area contributed by atoms with Crippen molar-refractivity contribution < 1.29 is 9.47 Å². The number of ether oxygens (including phenoxy) is 2. The quantitative estimate of drug-likeness (QED) is 0.818. The van der Waals surface area contributed by atoms with Gasteiger partial charge in [0, 0.05) is 5.56 Å². The molecule has 0 aromatic heterocycles. The average Bonchev–Trinajstić information content (AvgIpc) is 3.07. The van der Waals surface area contributed by atoms with Crippen LogP contribution < -0.4 is 15.2 Å². The van der Waals surface area contributed by atoms with Crippen molar-refractivity contribution in [2.75, 3.05) is 20.8 Å². The van der Waals surface area contributed by atoms with Gasteiger partial charge < -0.3 is 15.2 Å². The Labute approximate surface area is 90.2 Å². The van der Waals surface area contributed by atoms with E-state index in [0.717, 1.165) is 18.0 Å². The summed E-state index contributed by atoms with van der Waals surface area (Å²) in [5, 5.41) is 0. The molecule has 2 atom stereocenters. The summed E-state index contributed by atoms with van der Waals surface area (Å²) in [6.45, 7) is 0.755. The highest BCUT2D eigenvalue weighted by Gasteiger charge is 2.38. The van der Waals surface area contributed by atoms with Crippen LogP contribution in [-0.2, 0) is 0 Å². The molecule has 3 nitrogen and oxygen atoms in total. The lowest BCUT2D eigenvalue weighted by Gasteiger charge is -2.09. The summed E-state index contributed by atoms with van der Waals surface area (Å²) < 4.78 is 10.6. The summed E-state index contributed by atoms with van der Waals surface area (Å²) in [4.78, 5) is 0. The molecule has 1 saturated carbocycles. The highest BCUT2D eigenvalue weighted by molar-refractivity contribution is 5.45. The van der Waals surface area contributed by atoms with Gasteiger partial charge in [-0.05, 0) is 43.0 Å². The molecule has 82 valence electrons. The third-order valence-corrected chi connectivity index (χ3v) is 3.06. The van der Waals surface area contributed by atoms with Gasteiger partial charge in [-0.2, -0.15) is 0 Å².